The molecule has 1 heterocycles. The largest absolute Gasteiger partial charge is 0.390 e. The van der Waals surface area contributed by atoms with Crippen LogP contribution in [0.2, 0.25) is 0 Å². The van der Waals surface area contributed by atoms with Crippen molar-refractivity contribution in [2.45, 2.75) is 51.7 Å². The van der Waals surface area contributed by atoms with Crippen molar-refractivity contribution in [1.29, 1.82) is 0 Å². The third-order valence-electron chi connectivity index (χ3n) is 4.01. The van der Waals surface area contributed by atoms with Crippen LogP contribution in [-0.4, -0.2) is 20.5 Å². The maximum atomic E-state index is 10.6. The summed E-state index contributed by atoms with van der Waals surface area (Å²) in [4.78, 5) is 0. The SMILES string of the molecule is CCn1nc(CC(C)(O)CC2CC2)c2ccccc21. The highest BCUT2D eigenvalue weighted by Gasteiger charge is 2.32. The van der Waals surface area contributed by atoms with Gasteiger partial charge in [0.2, 0.25) is 0 Å². The molecule has 3 heteroatoms. The third-order valence-corrected chi connectivity index (χ3v) is 4.01. The van der Waals surface area contributed by atoms with Gasteiger partial charge >= 0.3 is 0 Å². The molecule has 1 aromatic carbocycles. The maximum Gasteiger partial charge on any atom is 0.0731 e. The van der Waals surface area contributed by atoms with Gasteiger partial charge in [0.1, 0.15) is 0 Å². The Morgan fingerprint density at radius 2 is 2.11 bits per heavy atom. The van der Waals surface area contributed by atoms with E-state index >= 15 is 0 Å². The zero-order chi connectivity index (χ0) is 13.5. The zero-order valence-corrected chi connectivity index (χ0v) is 11.8. The van der Waals surface area contributed by atoms with Gasteiger partial charge in [-0.15, -0.1) is 0 Å². The van der Waals surface area contributed by atoms with Gasteiger partial charge in [-0.2, -0.15) is 5.10 Å². The molecule has 1 atom stereocenters. The van der Waals surface area contributed by atoms with Crippen molar-refractivity contribution in [1.82, 2.24) is 9.78 Å². The standard InChI is InChI=1S/C16H22N2O/c1-3-18-15-7-5-4-6-13(15)14(17-18)11-16(2,19)10-12-8-9-12/h4-7,12,19H,3,8-11H2,1-2H3. The van der Waals surface area contributed by atoms with E-state index in [1.807, 2.05) is 23.7 Å². The smallest absolute Gasteiger partial charge is 0.0731 e. The highest BCUT2D eigenvalue weighted by Crippen LogP contribution is 2.38. The number of hydrogen-bond donors (Lipinski definition) is 1. The summed E-state index contributed by atoms with van der Waals surface area (Å²) < 4.78 is 2.03. The van der Waals surface area contributed by atoms with Crippen LogP contribution in [-0.2, 0) is 13.0 Å². The number of nitrogens with zero attached hydrogens (tertiary/aromatic N) is 2. The molecule has 19 heavy (non-hydrogen) atoms. The lowest BCUT2D eigenvalue weighted by molar-refractivity contribution is 0.0447. The molecule has 1 N–H and O–H groups in total. The van der Waals surface area contributed by atoms with Gasteiger partial charge in [0.15, 0.2) is 0 Å². The van der Waals surface area contributed by atoms with Gasteiger partial charge in [0.25, 0.3) is 0 Å². The molecule has 3 nitrogen and oxygen atoms in total. The lowest BCUT2D eigenvalue weighted by Crippen LogP contribution is -2.28. The summed E-state index contributed by atoms with van der Waals surface area (Å²) in [5.41, 5.74) is 1.57. The number of aliphatic hydroxyl groups is 1. The van der Waals surface area contributed by atoms with Crippen LogP contribution >= 0.6 is 0 Å². The van der Waals surface area contributed by atoms with E-state index in [2.05, 4.69) is 24.2 Å². The average Bonchev–Trinajstić information content (AvgIpc) is 3.10. The second-order valence-corrected chi connectivity index (χ2v) is 6.10. The van der Waals surface area contributed by atoms with Crippen molar-refractivity contribution >= 4 is 10.9 Å². The summed E-state index contributed by atoms with van der Waals surface area (Å²) in [5, 5.41) is 16.4. The fourth-order valence-electron chi connectivity index (χ4n) is 2.94. The van der Waals surface area contributed by atoms with Gasteiger partial charge in [-0.3, -0.25) is 4.68 Å². The number of rotatable bonds is 5. The summed E-state index contributed by atoms with van der Waals surface area (Å²) in [6.07, 6.45) is 4.11. The van der Waals surface area contributed by atoms with E-state index in [4.69, 9.17) is 0 Å². The Kier molecular flexibility index (Phi) is 3.09. The van der Waals surface area contributed by atoms with Crippen molar-refractivity contribution in [3.05, 3.63) is 30.0 Å². The lowest BCUT2D eigenvalue weighted by atomic mass is 9.92. The quantitative estimate of drug-likeness (QED) is 0.894. The predicted octanol–water partition coefficient (Wildman–Crippen LogP) is 3.15. The Morgan fingerprint density at radius 3 is 2.79 bits per heavy atom. The molecule has 0 radical (unpaired) electrons. The molecule has 1 unspecified atom stereocenters. The molecule has 0 saturated heterocycles. The minimum atomic E-state index is -0.628. The minimum Gasteiger partial charge on any atom is -0.390 e. The van der Waals surface area contributed by atoms with Crippen molar-refractivity contribution in [3.63, 3.8) is 0 Å². The van der Waals surface area contributed by atoms with Crippen molar-refractivity contribution in [3.8, 4) is 0 Å². The van der Waals surface area contributed by atoms with Crippen LogP contribution in [0.5, 0.6) is 0 Å². The molecule has 1 saturated carbocycles. The number of hydrogen-bond acceptors (Lipinski definition) is 2. The number of aromatic nitrogens is 2. The fourth-order valence-corrected chi connectivity index (χ4v) is 2.94. The molecular weight excluding hydrogens is 236 g/mol. The van der Waals surface area contributed by atoms with E-state index in [1.165, 1.54) is 23.7 Å². The Bertz CT molecular complexity index is 581. The minimum absolute atomic E-state index is 0.628. The van der Waals surface area contributed by atoms with Crippen LogP contribution in [0.3, 0.4) is 0 Å². The average molecular weight is 258 g/mol. The summed E-state index contributed by atoms with van der Waals surface area (Å²) in [7, 11) is 0. The van der Waals surface area contributed by atoms with Gasteiger partial charge in [0.05, 0.1) is 16.8 Å². The third kappa shape index (κ3) is 2.66. The fraction of sp³-hybridized carbons (Fsp3) is 0.562. The van der Waals surface area contributed by atoms with E-state index in [1.54, 1.807) is 0 Å². The summed E-state index contributed by atoms with van der Waals surface area (Å²) in [5.74, 6) is 0.731. The molecule has 0 spiro atoms. The lowest BCUT2D eigenvalue weighted by Gasteiger charge is -2.22. The van der Waals surface area contributed by atoms with Gasteiger partial charge in [-0.1, -0.05) is 31.0 Å². The maximum absolute atomic E-state index is 10.6. The first-order chi connectivity index (χ1) is 9.09. The number of fused-ring (bicyclic) bond motifs is 1. The Morgan fingerprint density at radius 1 is 1.37 bits per heavy atom. The van der Waals surface area contributed by atoms with E-state index < -0.39 is 5.60 Å². The van der Waals surface area contributed by atoms with Gasteiger partial charge in [-0.05, 0) is 32.3 Å². The molecule has 1 aliphatic rings. The molecular formula is C16H22N2O. The monoisotopic (exact) mass is 258 g/mol. The summed E-state index contributed by atoms with van der Waals surface area (Å²) in [6.45, 7) is 4.92. The van der Waals surface area contributed by atoms with Crippen molar-refractivity contribution < 1.29 is 5.11 Å². The zero-order valence-electron chi connectivity index (χ0n) is 11.8. The predicted molar refractivity (Wildman–Crippen MR) is 77.1 cm³/mol. The highest BCUT2D eigenvalue weighted by atomic mass is 16.3. The van der Waals surface area contributed by atoms with Gasteiger partial charge in [0, 0.05) is 18.4 Å². The second kappa shape index (κ2) is 4.64. The Labute approximate surface area is 114 Å². The normalized spacial score (nSPS) is 18.7. The molecule has 1 aliphatic carbocycles. The molecule has 2 aromatic rings. The molecule has 1 aromatic heterocycles. The van der Waals surface area contributed by atoms with Gasteiger partial charge < -0.3 is 5.11 Å². The molecule has 1 fully saturated rings. The molecule has 3 rings (SSSR count). The van der Waals surface area contributed by atoms with Crippen LogP contribution in [0.4, 0.5) is 0 Å². The van der Waals surface area contributed by atoms with Gasteiger partial charge in [-0.25, -0.2) is 0 Å². The molecule has 0 bridgehead atoms. The van der Waals surface area contributed by atoms with E-state index in [9.17, 15) is 5.11 Å². The van der Waals surface area contributed by atoms with Crippen LogP contribution in [0.25, 0.3) is 10.9 Å². The Hall–Kier alpha value is -1.35. The van der Waals surface area contributed by atoms with Crippen LogP contribution < -0.4 is 0 Å². The first-order valence-electron chi connectivity index (χ1n) is 7.26. The number of para-hydroxylation sites is 1. The van der Waals surface area contributed by atoms with Crippen LogP contribution in [0.1, 0.15) is 38.8 Å². The Balaban J connectivity index is 1.91. The van der Waals surface area contributed by atoms with E-state index in [-0.39, 0.29) is 0 Å². The first kappa shape index (κ1) is 12.7. The molecule has 0 aliphatic heterocycles. The first-order valence-corrected chi connectivity index (χ1v) is 7.26. The molecule has 102 valence electrons. The van der Waals surface area contributed by atoms with Crippen molar-refractivity contribution in [2.75, 3.05) is 0 Å². The number of benzene rings is 1. The van der Waals surface area contributed by atoms with Crippen molar-refractivity contribution in [2.24, 2.45) is 5.92 Å². The highest BCUT2D eigenvalue weighted by molar-refractivity contribution is 5.82. The number of aryl methyl sites for hydroxylation is 1. The van der Waals surface area contributed by atoms with Crippen LogP contribution in [0.15, 0.2) is 24.3 Å². The summed E-state index contributed by atoms with van der Waals surface area (Å²) in [6, 6.07) is 8.30. The van der Waals surface area contributed by atoms with E-state index in [0.29, 0.717) is 6.42 Å². The second-order valence-electron chi connectivity index (χ2n) is 6.10. The molecule has 0 amide bonds. The summed E-state index contributed by atoms with van der Waals surface area (Å²) >= 11 is 0. The topological polar surface area (TPSA) is 38.0 Å². The van der Waals surface area contributed by atoms with E-state index in [0.717, 1.165) is 24.6 Å². The van der Waals surface area contributed by atoms with Crippen LogP contribution in [0, 0.1) is 5.92 Å².